The van der Waals surface area contributed by atoms with Crippen LogP contribution in [0, 0.1) is 0 Å². The number of benzene rings is 1. The number of hydrogen-bond donors (Lipinski definition) is 2. The predicted octanol–water partition coefficient (Wildman–Crippen LogP) is 2.96. The lowest BCUT2D eigenvalue weighted by atomic mass is 9.98. The Morgan fingerprint density at radius 1 is 1.47 bits per heavy atom. The number of piperazine rings is 1. The fourth-order valence-electron chi connectivity index (χ4n) is 2.51. The van der Waals surface area contributed by atoms with Gasteiger partial charge in [-0.05, 0) is 31.0 Å². The molecular weight excluding hydrogens is 260 g/mol. The van der Waals surface area contributed by atoms with Gasteiger partial charge >= 0.3 is 0 Å². The number of phenolic OH excluding ortho intramolecular Hbond substituents is 1. The zero-order valence-corrected chi connectivity index (χ0v) is 12.1. The molecule has 1 heterocycles. The third kappa shape index (κ3) is 3.72. The number of aromatic hydroxyl groups is 1. The van der Waals surface area contributed by atoms with Gasteiger partial charge in [0.2, 0.25) is 0 Å². The molecule has 0 aromatic heterocycles. The average Bonchev–Trinajstić information content (AvgIpc) is 2.40. The molecule has 19 heavy (non-hydrogen) atoms. The van der Waals surface area contributed by atoms with Crippen molar-refractivity contribution in [3.63, 3.8) is 0 Å². The van der Waals surface area contributed by atoms with Crippen molar-refractivity contribution >= 4 is 11.6 Å². The number of nitrogens with one attached hydrogen (secondary N) is 1. The van der Waals surface area contributed by atoms with E-state index in [2.05, 4.69) is 23.7 Å². The average molecular weight is 281 g/mol. The van der Waals surface area contributed by atoms with E-state index in [1.54, 1.807) is 6.07 Å². The van der Waals surface area contributed by atoms with E-state index in [1.165, 1.54) is 0 Å². The van der Waals surface area contributed by atoms with Crippen molar-refractivity contribution in [3.8, 4) is 5.75 Å². The Bertz CT molecular complexity index is 455. The second-order valence-corrected chi connectivity index (χ2v) is 5.58. The molecular formula is C15H21ClN2O. The molecule has 1 aliphatic heterocycles. The highest BCUT2D eigenvalue weighted by molar-refractivity contribution is 6.32. The number of hydrogen-bond acceptors (Lipinski definition) is 3. The first kappa shape index (κ1) is 14.4. The van der Waals surface area contributed by atoms with Gasteiger partial charge in [-0.1, -0.05) is 23.2 Å². The molecule has 3 nitrogen and oxygen atoms in total. The second-order valence-electron chi connectivity index (χ2n) is 5.17. The van der Waals surface area contributed by atoms with Gasteiger partial charge < -0.3 is 10.4 Å². The van der Waals surface area contributed by atoms with E-state index in [4.69, 9.17) is 11.6 Å². The third-order valence-corrected chi connectivity index (χ3v) is 3.79. The van der Waals surface area contributed by atoms with Gasteiger partial charge in [-0.15, -0.1) is 6.58 Å². The Morgan fingerprint density at radius 3 is 2.74 bits per heavy atom. The monoisotopic (exact) mass is 280 g/mol. The smallest absolute Gasteiger partial charge is 0.134 e. The molecule has 0 spiro atoms. The van der Waals surface area contributed by atoms with Crippen LogP contribution in [0.5, 0.6) is 5.75 Å². The standard InChI is InChI=1S/C15H21ClN2O/c1-11(2)9-14(18-7-5-17-6-8-18)12-3-4-15(19)13(16)10-12/h3-4,10,14,17,19H,1,5-9H2,2H3/t14-/m1/s1. The Balaban J connectivity index is 2.24. The first-order chi connectivity index (χ1) is 9.08. The molecule has 2 rings (SSSR count). The van der Waals surface area contributed by atoms with E-state index >= 15 is 0 Å². The first-order valence-electron chi connectivity index (χ1n) is 6.65. The zero-order chi connectivity index (χ0) is 13.8. The minimum Gasteiger partial charge on any atom is -0.506 e. The van der Waals surface area contributed by atoms with E-state index in [-0.39, 0.29) is 11.8 Å². The van der Waals surface area contributed by atoms with Gasteiger partial charge in [0, 0.05) is 32.2 Å². The molecule has 0 radical (unpaired) electrons. The van der Waals surface area contributed by atoms with Crippen LogP contribution in [0.2, 0.25) is 5.02 Å². The summed E-state index contributed by atoms with van der Waals surface area (Å²) in [5.74, 6) is 0.139. The highest BCUT2D eigenvalue weighted by atomic mass is 35.5. The summed E-state index contributed by atoms with van der Waals surface area (Å²) in [6.45, 7) is 10.2. The van der Waals surface area contributed by atoms with Crippen molar-refractivity contribution < 1.29 is 5.11 Å². The summed E-state index contributed by atoms with van der Waals surface area (Å²) in [6, 6.07) is 5.78. The summed E-state index contributed by atoms with van der Waals surface area (Å²) < 4.78 is 0. The van der Waals surface area contributed by atoms with Crippen LogP contribution >= 0.6 is 11.6 Å². The van der Waals surface area contributed by atoms with Crippen LogP contribution in [-0.2, 0) is 0 Å². The Morgan fingerprint density at radius 2 is 2.16 bits per heavy atom. The molecule has 0 bridgehead atoms. The van der Waals surface area contributed by atoms with Crippen LogP contribution < -0.4 is 5.32 Å². The lowest BCUT2D eigenvalue weighted by Crippen LogP contribution is -2.45. The normalized spacial score (nSPS) is 18.2. The Hall–Kier alpha value is -1.03. The summed E-state index contributed by atoms with van der Waals surface area (Å²) in [5.41, 5.74) is 2.31. The van der Waals surface area contributed by atoms with Crippen LogP contribution in [0.3, 0.4) is 0 Å². The molecule has 1 aliphatic rings. The topological polar surface area (TPSA) is 35.5 Å². The lowest BCUT2D eigenvalue weighted by molar-refractivity contribution is 0.172. The molecule has 0 aliphatic carbocycles. The van der Waals surface area contributed by atoms with E-state index in [0.717, 1.165) is 43.7 Å². The van der Waals surface area contributed by atoms with Gasteiger partial charge in [0.1, 0.15) is 5.75 Å². The minimum atomic E-state index is 0.139. The molecule has 104 valence electrons. The van der Waals surface area contributed by atoms with E-state index < -0.39 is 0 Å². The van der Waals surface area contributed by atoms with Crippen molar-refractivity contribution in [2.24, 2.45) is 0 Å². The first-order valence-corrected chi connectivity index (χ1v) is 7.03. The van der Waals surface area contributed by atoms with Crippen LogP contribution in [0.4, 0.5) is 0 Å². The fourth-order valence-corrected chi connectivity index (χ4v) is 2.70. The molecule has 0 saturated carbocycles. The quantitative estimate of drug-likeness (QED) is 0.833. The van der Waals surface area contributed by atoms with E-state index in [9.17, 15) is 5.11 Å². The molecule has 1 aromatic carbocycles. The molecule has 1 atom stereocenters. The molecule has 1 fully saturated rings. The van der Waals surface area contributed by atoms with Crippen molar-refractivity contribution in [1.82, 2.24) is 10.2 Å². The van der Waals surface area contributed by atoms with Gasteiger partial charge in [-0.25, -0.2) is 0 Å². The highest BCUT2D eigenvalue weighted by Crippen LogP contribution is 2.32. The molecule has 4 heteroatoms. The van der Waals surface area contributed by atoms with E-state index in [0.29, 0.717) is 5.02 Å². The summed E-state index contributed by atoms with van der Waals surface area (Å²) in [4.78, 5) is 2.45. The van der Waals surface area contributed by atoms with Crippen LogP contribution in [0.15, 0.2) is 30.4 Å². The predicted molar refractivity (Wildman–Crippen MR) is 79.7 cm³/mol. The SMILES string of the molecule is C=C(C)C[C@H](c1ccc(O)c(Cl)c1)N1CCNCC1. The summed E-state index contributed by atoms with van der Waals surface area (Å²) in [5, 5.41) is 13.3. The maximum absolute atomic E-state index is 9.54. The van der Waals surface area contributed by atoms with E-state index in [1.807, 2.05) is 12.1 Å². The minimum absolute atomic E-state index is 0.139. The summed E-state index contributed by atoms with van der Waals surface area (Å²) in [7, 11) is 0. The Kier molecular flexibility index (Phi) is 4.86. The summed E-state index contributed by atoms with van der Waals surface area (Å²) >= 11 is 6.03. The lowest BCUT2D eigenvalue weighted by Gasteiger charge is -2.35. The number of phenols is 1. The molecule has 0 amide bonds. The molecule has 0 unspecified atom stereocenters. The van der Waals surface area contributed by atoms with Gasteiger partial charge in [-0.3, -0.25) is 4.90 Å². The van der Waals surface area contributed by atoms with Crippen LogP contribution in [0.1, 0.15) is 24.9 Å². The maximum atomic E-state index is 9.54. The van der Waals surface area contributed by atoms with Gasteiger partial charge in [0.15, 0.2) is 0 Å². The van der Waals surface area contributed by atoms with Crippen molar-refractivity contribution in [2.45, 2.75) is 19.4 Å². The Labute approximate surface area is 119 Å². The molecule has 1 aromatic rings. The molecule has 1 saturated heterocycles. The zero-order valence-electron chi connectivity index (χ0n) is 11.3. The molecule has 2 N–H and O–H groups in total. The van der Waals surface area contributed by atoms with Gasteiger partial charge in [0.05, 0.1) is 5.02 Å². The largest absolute Gasteiger partial charge is 0.506 e. The number of nitrogens with zero attached hydrogens (tertiary/aromatic N) is 1. The second kappa shape index (κ2) is 6.42. The number of halogens is 1. The van der Waals surface area contributed by atoms with Crippen LogP contribution in [-0.4, -0.2) is 36.2 Å². The van der Waals surface area contributed by atoms with Gasteiger partial charge in [-0.2, -0.15) is 0 Å². The van der Waals surface area contributed by atoms with Crippen molar-refractivity contribution in [1.29, 1.82) is 0 Å². The fraction of sp³-hybridized carbons (Fsp3) is 0.467. The van der Waals surface area contributed by atoms with Crippen LogP contribution in [0.25, 0.3) is 0 Å². The van der Waals surface area contributed by atoms with Gasteiger partial charge in [0.25, 0.3) is 0 Å². The number of rotatable bonds is 4. The summed E-state index contributed by atoms with van der Waals surface area (Å²) in [6.07, 6.45) is 0.918. The maximum Gasteiger partial charge on any atom is 0.134 e. The third-order valence-electron chi connectivity index (χ3n) is 3.49. The van der Waals surface area contributed by atoms with Crippen molar-refractivity contribution in [2.75, 3.05) is 26.2 Å². The van der Waals surface area contributed by atoms with Crippen molar-refractivity contribution in [3.05, 3.63) is 40.9 Å². The highest BCUT2D eigenvalue weighted by Gasteiger charge is 2.22.